The van der Waals surface area contributed by atoms with Gasteiger partial charge in [0.1, 0.15) is 5.00 Å². The second kappa shape index (κ2) is 9.47. The van der Waals surface area contributed by atoms with Crippen LogP contribution >= 0.6 is 11.3 Å². The number of allylic oxidation sites excluding steroid dienone is 2. The summed E-state index contributed by atoms with van der Waals surface area (Å²) in [6.07, 6.45) is 8.22. The summed E-state index contributed by atoms with van der Waals surface area (Å²) < 4.78 is 0. The molecular formula is C24H26N2O4S. The van der Waals surface area contributed by atoms with Gasteiger partial charge in [-0.2, -0.15) is 0 Å². The number of hydrogen-bond acceptors (Lipinski definition) is 4. The van der Waals surface area contributed by atoms with E-state index in [0.717, 1.165) is 41.7 Å². The van der Waals surface area contributed by atoms with Gasteiger partial charge in [-0.3, -0.25) is 14.4 Å². The summed E-state index contributed by atoms with van der Waals surface area (Å²) in [5.74, 6) is -2.86. The molecule has 1 aromatic heterocycles. The molecule has 7 heteroatoms. The molecule has 4 rings (SSSR count). The summed E-state index contributed by atoms with van der Waals surface area (Å²) in [6.45, 7) is 0.409. The molecule has 6 nitrogen and oxygen atoms in total. The Labute approximate surface area is 185 Å². The van der Waals surface area contributed by atoms with E-state index in [4.69, 9.17) is 0 Å². The van der Waals surface area contributed by atoms with Crippen LogP contribution in [0.4, 0.5) is 5.00 Å². The van der Waals surface area contributed by atoms with Gasteiger partial charge in [-0.15, -0.1) is 11.3 Å². The Balaban J connectivity index is 1.56. The third-order valence-electron chi connectivity index (χ3n) is 6.02. The second-order valence-electron chi connectivity index (χ2n) is 8.07. The van der Waals surface area contributed by atoms with Crippen LogP contribution in [0.25, 0.3) is 0 Å². The normalized spacial score (nSPS) is 20.0. The Morgan fingerprint density at radius 1 is 1.00 bits per heavy atom. The third-order valence-corrected chi connectivity index (χ3v) is 7.22. The number of rotatable bonds is 6. The fourth-order valence-corrected chi connectivity index (χ4v) is 5.63. The number of carboxylic acid groups (broad SMARTS) is 1. The number of carboxylic acids is 1. The number of fused-ring (bicyclic) bond motifs is 1. The average Bonchev–Trinajstić information content (AvgIpc) is 3.16. The van der Waals surface area contributed by atoms with Crippen LogP contribution in [-0.4, -0.2) is 22.9 Å². The topological polar surface area (TPSA) is 95.5 Å². The molecule has 3 N–H and O–H groups in total. The van der Waals surface area contributed by atoms with Gasteiger partial charge in [0, 0.05) is 11.4 Å². The van der Waals surface area contributed by atoms with Gasteiger partial charge in [-0.05, 0) is 49.7 Å². The van der Waals surface area contributed by atoms with E-state index < -0.39 is 17.8 Å². The van der Waals surface area contributed by atoms with E-state index in [-0.39, 0.29) is 11.8 Å². The molecule has 31 heavy (non-hydrogen) atoms. The van der Waals surface area contributed by atoms with Gasteiger partial charge in [0.15, 0.2) is 0 Å². The molecule has 0 aliphatic heterocycles. The quantitative estimate of drug-likeness (QED) is 0.590. The molecule has 2 aromatic rings. The second-order valence-corrected chi connectivity index (χ2v) is 9.17. The maximum atomic E-state index is 13.1. The molecule has 0 saturated heterocycles. The van der Waals surface area contributed by atoms with Crippen molar-refractivity contribution >= 4 is 34.1 Å². The van der Waals surface area contributed by atoms with Crippen LogP contribution in [0.5, 0.6) is 0 Å². The van der Waals surface area contributed by atoms with E-state index in [9.17, 15) is 19.5 Å². The van der Waals surface area contributed by atoms with Gasteiger partial charge in [-0.25, -0.2) is 0 Å². The van der Waals surface area contributed by atoms with Crippen molar-refractivity contribution in [1.29, 1.82) is 0 Å². The highest BCUT2D eigenvalue weighted by molar-refractivity contribution is 7.17. The number of aryl methyl sites for hydroxylation is 1. The maximum Gasteiger partial charge on any atom is 0.307 e. The number of benzene rings is 1. The first kappa shape index (κ1) is 21.3. The van der Waals surface area contributed by atoms with Crippen molar-refractivity contribution in [3.8, 4) is 0 Å². The highest BCUT2D eigenvalue weighted by Crippen LogP contribution is 2.39. The zero-order valence-electron chi connectivity index (χ0n) is 17.2. The molecule has 2 atom stereocenters. The largest absolute Gasteiger partial charge is 0.481 e. The van der Waals surface area contributed by atoms with Crippen LogP contribution < -0.4 is 10.6 Å². The molecule has 2 aliphatic rings. The molecule has 0 fully saturated rings. The summed E-state index contributed by atoms with van der Waals surface area (Å²) in [5.41, 5.74) is 2.57. The van der Waals surface area contributed by atoms with Gasteiger partial charge in [0.25, 0.3) is 5.91 Å². The van der Waals surface area contributed by atoms with Crippen LogP contribution in [0, 0.1) is 11.8 Å². The lowest BCUT2D eigenvalue weighted by molar-refractivity contribution is -0.146. The van der Waals surface area contributed by atoms with Crippen molar-refractivity contribution in [2.45, 2.75) is 45.1 Å². The van der Waals surface area contributed by atoms with Gasteiger partial charge in [0.2, 0.25) is 5.91 Å². The number of carbonyl (C=O) groups is 3. The van der Waals surface area contributed by atoms with Gasteiger partial charge >= 0.3 is 5.97 Å². The zero-order chi connectivity index (χ0) is 21.8. The molecule has 0 radical (unpaired) electrons. The first-order valence-electron chi connectivity index (χ1n) is 10.7. The molecule has 2 aliphatic carbocycles. The number of anilines is 1. The first-order chi connectivity index (χ1) is 15.0. The standard InChI is InChI=1S/C24H26N2O4S/c27-21(16-10-4-5-11-17(16)24(29)30)26-23-20(18-12-6-7-13-19(18)31-23)22(28)25-14-15-8-2-1-3-9-15/h1-5,8-9,16-17H,6-7,10-14H2,(H,25,28)(H,26,27)(H,29,30)/t16-,17-/m0/s1. The fourth-order valence-electron chi connectivity index (χ4n) is 4.34. The van der Waals surface area contributed by atoms with Crippen molar-refractivity contribution in [1.82, 2.24) is 5.32 Å². The maximum absolute atomic E-state index is 13.1. The molecule has 162 valence electrons. The first-order valence-corrected chi connectivity index (χ1v) is 11.5. The molecule has 0 saturated carbocycles. The minimum Gasteiger partial charge on any atom is -0.481 e. The van der Waals surface area contributed by atoms with Crippen molar-refractivity contribution in [3.05, 3.63) is 64.1 Å². The summed E-state index contributed by atoms with van der Waals surface area (Å²) in [7, 11) is 0. The minimum atomic E-state index is -0.962. The van der Waals surface area contributed by atoms with Crippen molar-refractivity contribution in [2.75, 3.05) is 5.32 Å². The summed E-state index contributed by atoms with van der Waals surface area (Å²) in [4.78, 5) is 38.9. The molecule has 2 amide bonds. The van der Waals surface area contributed by atoms with Crippen LogP contribution in [0.1, 0.15) is 52.0 Å². The van der Waals surface area contributed by atoms with Gasteiger partial charge < -0.3 is 15.7 Å². The Bertz CT molecular complexity index is 1010. The Kier molecular flexibility index (Phi) is 6.51. The molecule has 0 unspecified atom stereocenters. The zero-order valence-corrected chi connectivity index (χ0v) is 18.0. The average molecular weight is 439 g/mol. The lowest BCUT2D eigenvalue weighted by Gasteiger charge is -2.24. The van der Waals surface area contributed by atoms with Crippen LogP contribution in [-0.2, 0) is 29.0 Å². The fraction of sp³-hybridized carbons (Fsp3) is 0.375. The van der Waals surface area contributed by atoms with E-state index in [1.54, 1.807) is 0 Å². The van der Waals surface area contributed by atoms with Crippen LogP contribution in [0.15, 0.2) is 42.5 Å². The SMILES string of the molecule is O=C(NCc1ccccc1)c1c(NC(=O)[C@H]2CC=CC[C@@H]2C(=O)O)sc2c1CCCC2. The monoisotopic (exact) mass is 438 g/mol. The highest BCUT2D eigenvalue weighted by Gasteiger charge is 2.35. The highest BCUT2D eigenvalue weighted by atomic mass is 32.1. The number of hydrogen-bond donors (Lipinski definition) is 3. The lowest BCUT2D eigenvalue weighted by Crippen LogP contribution is -2.35. The summed E-state index contributed by atoms with van der Waals surface area (Å²) in [5, 5.41) is 16.0. The van der Waals surface area contributed by atoms with E-state index in [1.165, 1.54) is 11.3 Å². The van der Waals surface area contributed by atoms with Crippen LogP contribution in [0.2, 0.25) is 0 Å². The molecule has 0 spiro atoms. The smallest absolute Gasteiger partial charge is 0.307 e. The van der Waals surface area contributed by atoms with E-state index in [0.29, 0.717) is 30.0 Å². The predicted molar refractivity (Wildman–Crippen MR) is 120 cm³/mol. The number of thiophene rings is 1. The predicted octanol–water partition coefficient (Wildman–Crippen LogP) is 4.16. The number of aliphatic carboxylic acids is 1. The molecular weight excluding hydrogens is 412 g/mol. The van der Waals surface area contributed by atoms with Crippen molar-refractivity contribution < 1.29 is 19.5 Å². The van der Waals surface area contributed by atoms with Gasteiger partial charge in [0.05, 0.1) is 17.4 Å². The Morgan fingerprint density at radius 2 is 1.71 bits per heavy atom. The lowest BCUT2D eigenvalue weighted by atomic mass is 9.82. The number of carbonyl (C=O) groups excluding carboxylic acids is 2. The minimum absolute atomic E-state index is 0.197. The summed E-state index contributed by atoms with van der Waals surface area (Å²) in [6, 6.07) is 9.69. The summed E-state index contributed by atoms with van der Waals surface area (Å²) >= 11 is 1.46. The third kappa shape index (κ3) is 4.71. The van der Waals surface area contributed by atoms with E-state index in [1.807, 2.05) is 42.5 Å². The van der Waals surface area contributed by atoms with E-state index >= 15 is 0 Å². The van der Waals surface area contributed by atoms with Crippen molar-refractivity contribution in [2.24, 2.45) is 11.8 Å². The Morgan fingerprint density at radius 3 is 2.45 bits per heavy atom. The van der Waals surface area contributed by atoms with Gasteiger partial charge in [-0.1, -0.05) is 42.5 Å². The molecule has 0 bridgehead atoms. The molecule has 1 aromatic carbocycles. The number of nitrogens with one attached hydrogen (secondary N) is 2. The Hall–Kier alpha value is -2.93. The number of amides is 2. The van der Waals surface area contributed by atoms with Crippen molar-refractivity contribution in [3.63, 3.8) is 0 Å². The van der Waals surface area contributed by atoms with Crippen LogP contribution in [0.3, 0.4) is 0 Å². The molecule has 1 heterocycles. The van der Waals surface area contributed by atoms with E-state index in [2.05, 4.69) is 10.6 Å².